The fourth-order valence-corrected chi connectivity index (χ4v) is 2.87. The molecule has 0 atom stereocenters. The number of carbonyl (C=O) groups excluding carboxylic acids is 1. The highest BCUT2D eigenvalue weighted by atomic mass is 16.7. The Morgan fingerprint density at radius 3 is 2.69 bits per heavy atom. The lowest BCUT2D eigenvalue weighted by molar-refractivity contribution is 0.102. The van der Waals surface area contributed by atoms with Crippen molar-refractivity contribution in [2.24, 2.45) is 0 Å². The number of benzene rings is 2. The Bertz CT molecular complexity index is 976. The van der Waals surface area contributed by atoms with Gasteiger partial charge in [0, 0.05) is 16.8 Å². The van der Waals surface area contributed by atoms with Crippen LogP contribution in [-0.4, -0.2) is 17.8 Å². The minimum Gasteiger partial charge on any atom is -0.459 e. The van der Waals surface area contributed by atoms with Gasteiger partial charge in [0.05, 0.1) is 0 Å². The number of nitrogens with one attached hydrogen (secondary N) is 1. The second-order valence-corrected chi connectivity index (χ2v) is 5.98. The van der Waals surface area contributed by atoms with Crippen LogP contribution in [-0.2, 0) is 6.61 Å². The summed E-state index contributed by atoms with van der Waals surface area (Å²) in [5, 5.41) is 12.0. The predicted octanol–water partition coefficient (Wildman–Crippen LogP) is 3.73. The Hall–Kier alpha value is -3.25. The molecular formula is C20H17NO5. The third-order valence-corrected chi connectivity index (χ3v) is 4.20. The van der Waals surface area contributed by atoms with Crippen LogP contribution in [0.15, 0.2) is 52.9 Å². The van der Waals surface area contributed by atoms with Crippen LogP contribution in [0.25, 0.3) is 11.3 Å². The zero-order valence-electron chi connectivity index (χ0n) is 14.1. The molecule has 6 heteroatoms. The Morgan fingerprint density at radius 1 is 1.08 bits per heavy atom. The molecule has 0 bridgehead atoms. The van der Waals surface area contributed by atoms with Crippen LogP contribution in [0, 0.1) is 6.92 Å². The molecule has 1 amide bonds. The van der Waals surface area contributed by atoms with Crippen LogP contribution < -0.4 is 14.8 Å². The molecule has 1 aromatic heterocycles. The summed E-state index contributed by atoms with van der Waals surface area (Å²) >= 11 is 0. The van der Waals surface area contributed by atoms with Crippen molar-refractivity contribution >= 4 is 11.6 Å². The average molecular weight is 351 g/mol. The number of anilines is 1. The largest absolute Gasteiger partial charge is 0.459 e. The van der Waals surface area contributed by atoms with E-state index < -0.39 is 0 Å². The summed E-state index contributed by atoms with van der Waals surface area (Å²) in [6.45, 7) is 1.97. The van der Waals surface area contributed by atoms with Crippen molar-refractivity contribution < 1.29 is 23.8 Å². The van der Waals surface area contributed by atoms with Crippen LogP contribution in [0.1, 0.15) is 21.7 Å². The minimum atomic E-state index is -0.226. The molecule has 0 aliphatic carbocycles. The normalized spacial score (nSPS) is 12.2. The fraction of sp³-hybridized carbons (Fsp3) is 0.150. The van der Waals surface area contributed by atoms with Crippen LogP contribution >= 0.6 is 0 Å². The number of ether oxygens (including phenoxy) is 2. The smallest absolute Gasteiger partial charge is 0.255 e. The number of rotatable bonds is 4. The predicted molar refractivity (Wildman–Crippen MR) is 95.3 cm³/mol. The van der Waals surface area contributed by atoms with Gasteiger partial charge in [-0.3, -0.25) is 4.79 Å². The maximum Gasteiger partial charge on any atom is 0.255 e. The standard InChI is InChI=1S/C20H17NO5/c1-12-8-14(3-5-16(12)17-7-4-15(10-22)26-17)21-20(23)13-2-6-18-19(9-13)25-11-24-18/h2-9,22H,10-11H2,1H3,(H,21,23). The van der Waals surface area contributed by atoms with Crippen LogP contribution in [0.5, 0.6) is 11.5 Å². The maximum atomic E-state index is 12.5. The molecule has 0 fully saturated rings. The zero-order chi connectivity index (χ0) is 18.1. The number of carbonyl (C=O) groups is 1. The highest BCUT2D eigenvalue weighted by Crippen LogP contribution is 2.33. The van der Waals surface area contributed by atoms with Crippen LogP contribution in [0.3, 0.4) is 0 Å². The number of aryl methyl sites for hydroxylation is 1. The molecule has 1 aliphatic heterocycles. The number of aliphatic hydroxyl groups is 1. The molecule has 0 unspecified atom stereocenters. The molecule has 6 nitrogen and oxygen atoms in total. The summed E-state index contributed by atoms with van der Waals surface area (Å²) in [5.74, 6) is 2.18. The summed E-state index contributed by atoms with van der Waals surface area (Å²) in [5.41, 5.74) is 3.04. The van der Waals surface area contributed by atoms with Gasteiger partial charge in [0.15, 0.2) is 11.5 Å². The SMILES string of the molecule is Cc1cc(NC(=O)c2ccc3c(c2)OCO3)ccc1-c1ccc(CO)o1. The molecule has 1 aliphatic rings. The Balaban J connectivity index is 1.53. The molecule has 3 aromatic rings. The van der Waals surface area contributed by atoms with Gasteiger partial charge in [-0.15, -0.1) is 0 Å². The first kappa shape index (κ1) is 16.2. The van der Waals surface area contributed by atoms with Gasteiger partial charge in [-0.05, 0) is 61.0 Å². The van der Waals surface area contributed by atoms with E-state index >= 15 is 0 Å². The summed E-state index contributed by atoms with van der Waals surface area (Å²) < 4.78 is 16.1. The monoisotopic (exact) mass is 351 g/mol. The van der Waals surface area contributed by atoms with Crippen LogP contribution in [0.4, 0.5) is 5.69 Å². The van der Waals surface area contributed by atoms with Crippen molar-refractivity contribution in [1.29, 1.82) is 0 Å². The molecule has 0 spiro atoms. The molecule has 2 N–H and O–H groups in total. The van der Waals surface area contributed by atoms with Gasteiger partial charge in [0.1, 0.15) is 18.1 Å². The third kappa shape index (κ3) is 3.02. The topological polar surface area (TPSA) is 80.9 Å². The van der Waals surface area contributed by atoms with Gasteiger partial charge >= 0.3 is 0 Å². The van der Waals surface area contributed by atoms with Crippen molar-refractivity contribution in [3.05, 3.63) is 65.4 Å². The van der Waals surface area contributed by atoms with Crippen molar-refractivity contribution in [2.45, 2.75) is 13.5 Å². The minimum absolute atomic E-state index is 0.136. The van der Waals surface area contributed by atoms with E-state index in [0.29, 0.717) is 34.3 Å². The van der Waals surface area contributed by atoms with E-state index in [4.69, 9.17) is 19.0 Å². The van der Waals surface area contributed by atoms with Crippen molar-refractivity contribution in [1.82, 2.24) is 0 Å². The fourth-order valence-electron chi connectivity index (χ4n) is 2.87. The van der Waals surface area contributed by atoms with Crippen molar-refractivity contribution in [3.63, 3.8) is 0 Å². The van der Waals surface area contributed by atoms with Crippen molar-refractivity contribution in [3.8, 4) is 22.8 Å². The Kier molecular flexibility index (Phi) is 4.10. The van der Waals surface area contributed by atoms with Gasteiger partial charge in [-0.1, -0.05) is 0 Å². The third-order valence-electron chi connectivity index (χ3n) is 4.20. The van der Waals surface area contributed by atoms with Gasteiger partial charge in [0.2, 0.25) is 6.79 Å². The Labute approximate surface area is 150 Å². The van der Waals surface area contributed by atoms with Gasteiger partial charge < -0.3 is 24.3 Å². The van der Waals surface area contributed by atoms with Gasteiger partial charge in [-0.2, -0.15) is 0 Å². The number of hydrogen-bond acceptors (Lipinski definition) is 5. The molecule has 132 valence electrons. The number of aliphatic hydroxyl groups excluding tert-OH is 1. The molecule has 0 saturated heterocycles. The van der Waals surface area contributed by atoms with Crippen LogP contribution in [0.2, 0.25) is 0 Å². The molecule has 26 heavy (non-hydrogen) atoms. The lowest BCUT2D eigenvalue weighted by Gasteiger charge is -2.09. The highest BCUT2D eigenvalue weighted by Gasteiger charge is 2.16. The Morgan fingerprint density at radius 2 is 1.92 bits per heavy atom. The quantitative estimate of drug-likeness (QED) is 0.749. The summed E-state index contributed by atoms with van der Waals surface area (Å²) in [4.78, 5) is 12.5. The molecule has 2 aromatic carbocycles. The first-order valence-corrected chi connectivity index (χ1v) is 8.15. The summed E-state index contributed by atoms with van der Waals surface area (Å²) in [6.07, 6.45) is 0. The van der Waals surface area contributed by atoms with E-state index in [0.717, 1.165) is 11.1 Å². The molecule has 0 radical (unpaired) electrons. The zero-order valence-corrected chi connectivity index (χ0v) is 14.1. The summed E-state index contributed by atoms with van der Waals surface area (Å²) in [7, 11) is 0. The van der Waals surface area contributed by atoms with E-state index in [1.165, 1.54) is 0 Å². The molecular weight excluding hydrogens is 334 g/mol. The molecule has 2 heterocycles. The van der Waals surface area contributed by atoms with Crippen molar-refractivity contribution in [2.75, 3.05) is 12.1 Å². The first-order chi connectivity index (χ1) is 12.6. The lowest BCUT2D eigenvalue weighted by Crippen LogP contribution is -2.11. The number of hydrogen-bond donors (Lipinski definition) is 2. The van der Waals surface area contributed by atoms with E-state index in [-0.39, 0.29) is 19.3 Å². The van der Waals surface area contributed by atoms with E-state index in [1.54, 1.807) is 24.3 Å². The molecule has 4 rings (SSSR count). The lowest BCUT2D eigenvalue weighted by atomic mass is 10.1. The number of furan rings is 1. The van der Waals surface area contributed by atoms with E-state index in [1.807, 2.05) is 31.2 Å². The highest BCUT2D eigenvalue weighted by molar-refractivity contribution is 6.04. The second-order valence-electron chi connectivity index (χ2n) is 5.98. The summed E-state index contributed by atoms with van der Waals surface area (Å²) in [6, 6.07) is 14.2. The molecule has 0 saturated carbocycles. The first-order valence-electron chi connectivity index (χ1n) is 8.15. The van der Waals surface area contributed by atoms with E-state index in [2.05, 4.69) is 5.32 Å². The number of fused-ring (bicyclic) bond motifs is 1. The maximum absolute atomic E-state index is 12.5. The van der Waals surface area contributed by atoms with E-state index in [9.17, 15) is 4.79 Å². The average Bonchev–Trinajstić information content (AvgIpc) is 3.30. The number of amides is 1. The van der Waals surface area contributed by atoms with Gasteiger partial charge in [-0.25, -0.2) is 0 Å². The van der Waals surface area contributed by atoms with Gasteiger partial charge in [0.25, 0.3) is 5.91 Å². The second kappa shape index (κ2) is 6.57.